The molecule has 1 atom stereocenters. The highest BCUT2D eigenvalue weighted by Crippen LogP contribution is 2.37. The highest BCUT2D eigenvalue weighted by molar-refractivity contribution is 6.01. The van der Waals surface area contributed by atoms with Gasteiger partial charge < -0.3 is 24.4 Å². The first-order valence-corrected chi connectivity index (χ1v) is 13.3. The zero-order chi connectivity index (χ0) is 27.9. The van der Waals surface area contributed by atoms with E-state index in [9.17, 15) is 9.59 Å². The van der Waals surface area contributed by atoms with Gasteiger partial charge in [-0.3, -0.25) is 19.4 Å². The summed E-state index contributed by atoms with van der Waals surface area (Å²) < 4.78 is 17.2. The van der Waals surface area contributed by atoms with Crippen LogP contribution in [0.2, 0.25) is 0 Å². The Hall–Kier alpha value is -3.79. The molecule has 2 fully saturated rings. The average molecular weight is 541 g/mol. The molecule has 10 nitrogen and oxygen atoms in total. The van der Waals surface area contributed by atoms with E-state index in [2.05, 4.69) is 36.1 Å². The number of nitrogens with zero attached hydrogens (tertiary/aromatic N) is 2. The molecule has 3 aliphatic rings. The van der Waals surface area contributed by atoms with Crippen molar-refractivity contribution in [3.05, 3.63) is 53.1 Å². The molecule has 0 bridgehead atoms. The van der Waals surface area contributed by atoms with Crippen LogP contribution in [0.1, 0.15) is 61.8 Å². The summed E-state index contributed by atoms with van der Waals surface area (Å²) in [7, 11) is 1.64. The molecule has 2 aromatic carbocycles. The lowest BCUT2D eigenvalue weighted by atomic mass is 9.88. The maximum Gasteiger partial charge on any atom is 0.503 e. The number of fused-ring (bicyclic) bond motifs is 1. The number of carbonyl (C=O) groups is 3. The zero-order valence-corrected chi connectivity index (χ0v) is 22.4. The van der Waals surface area contributed by atoms with Gasteiger partial charge in [0.05, 0.1) is 20.3 Å². The van der Waals surface area contributed by atoms with Gasteiger partial charge in [0, 0.05) is 37.9 Å². The van der Waals surface area contributed by atoms with Crippen LogP contribution in [0.3, 0.4) is 0 Å². The Morgan fingerprint density at radius 2 is 1.79 bits per heavy atom. The molecule has 1 saturated heterocycles. The third-order valence-electron chi connectivity index (χ3n) is 7.56. The molecule has 2 amide bonds. The third kappa shape index (κ3) is 7.00. The molecule has 0 radical (unpaired) electrons. The van der Waals surface area contributed by atoms with Crippen molar-refractivity contribution < 1.29 is 38.8 Å². The van der Waals surface area contributed by atoms with Crippen LogP contribution in [0.25, 0.3) is 0 Å². The number of hydrogen-bond donors (Lipinski definition) is 2. The molecule has 1 saturated carbocycles. The molecule has 39 heavy (non-hydrogen) atoms. The fraction of sp³-hybridized carbons (Fsp3) is 0.483. The van der Waals surface area contributed by atoms with Crippen LogP contribution < -0.4 is 14.2 Å². The van der Waals surface area contributed by atoms with Crippen molar-refractivity contribution in [3.63, 3.8) is 0 Å². The highest BCUT2D eigenvalue weighted by Gasteiger charge is 2.31. The van der Waals surface area contributed by atoms with Crippen LogP contribution >= 0.6 is 0 Å². The molecule has 2 heterocycles. The van der Waals surface area contributed by atoms with Gasteiger partial charge in [-0.05, 0) is 54.7 Å². The first kappa shape index (κ1) is 28.2. The van der Waals surface area contributed by atoms with Crippen LogP contribution in [0.4, 0.5) is 4.79 Å². The van der Waals surface area contributed by atoms with E-state index >= 15 is 0 Å². The Balaban J connectivity index is 0.000000826. The van der Waals surface area contributed by atoms with E-state index in [1.165, 1.54) is 40.9 Å². The van der Waals surface area contributed by atoms with Crippen LogP contribution in [-0.2, 0) is 22.6 Å². The number of ether oxygens (including phenoxy) is 3. The number of benzene rings is 2. The minimum Gasteiger partial charge on any atom is -0.493 e. The number of imide groups is 1. The van der Waals surface area contributed by atoms with Crippen molar-refractivity contribution >= 4 is 18.0 Å². The summed E-state index contributed by atoms with van der Waals surface area (Å²) in [4.78, 5) is 36.1. The standard InChI is InChI=1S/C28H34N2O5.CH2O3/c1-19(21-7-9-24-22(17-21)12-14-34-24)30(23-4-3-5-23)18-20-6-8-25(26(16-20)33-2)35-15-13-29-27(31)10-11-28(29)32;2-1(3)4/h6-9,16-17,19,23H,3-5,10-15,18H2,1-2H3;(H2,2,3,4). The van der Waals surface area contributed by atoms with Crippen LogP contribution in [0.5, 0.6) is 17.2 Å². The normalized spacial score (nSPS) is 17.2. The second-order valence-electron chi connectivity index (χ2n) is 9.95. The van der Waals surface area contributed by atoms with Gasteiger partial charge in [-0.1, -0.05) is 24.6 Å². The smallest absolute Gasteiger partial charge is 0.493 e. The van der Waals surface area contributed by atoms with Crippen LogP contribution in [0, 0.1) is 0 Å². The minimum absolute atomic E-state index is 0.123. The van der Waals surface area contributed by atoms with Gasteiger partial charge in [0.15, 0.2) is 11.5 Å². The van der Waals surface area contributed by atoms with Crippen molar-refractivity contribution in [2.24, 2.45) is 0 Å². The summed E-state index contributed by atoms with van der Waals surface area (Å²) in [5, 5.41) is 13.9. The van der Waals surface area contributed by atoms with E-state index in [1.807, 2.05) is 12.1 Å². The number of rotatable bonds is 10. The first-order chi connectivity index (χ1) is 18.8. The minimum atomic E-state index is -1.83. The van der Waals surface area contributed by atoms with E-state index in [-0.39, 0.29) is 25.0 Å². The van der Waals surface area contributed by atoms with E-state index in [4.69, 9.17) is 29.2 Å². The summed E-state index contributed by atoms with van der Waals surface area (Å²) >= 11 is 0. The van der Waals surface area contributed by atoms with Crippen molar-refractivity contribution in [1.82, 2.24) is 9.80 Å². The van der Waals surface area contributed by atoms with E-state index < -0.39 is 6.16 Å². The molecule has 210 valence electrons. The molecule has 5 rings (SSSR count). The summed E-state index contributed by atoms with van der Waals surface area (Å²) in [5.74, 6) is 2.06. The number of carboxylic acid groups (broad SMARTS) is 2. The number of hydrogen-bond acceptors (Lipinski definition) is 7. The molecule has 1 unspecified atom stereocenters. The van der Waals surface area contributed by atoms with Crippen LogP contribution in [0.15, 0.2) is 36.4 Å². The van der Waals surface area contributed by atoms with E-state index in [1.54, 1.807) is 7.11 Å². The zero-order valence-electron chi connectivity index (χ0n) is 22.4. The lowest BCUT2D eigenvalue weighted by molar-refractivity contribution is -0.138. The highest BCUT2D eigenvalue weighted by atomic mass is 16.6. The summed E-state index contributed by atoms with van der Waals surface area (Å²) in [5.41, 5.74) is 3.81. The molecule has 1 aliphatic carbocycles. The number of likely N-dealkylation sites (tertiary alicyclic amines) is 1. The largest absolute Gasteiger partial charge is 0.503 e. The Morgan fingerprint density at radius 3 is 2.44 bits per heavy atom. The predicted octanol–water partition coefficient (Wildman–Crippen LogP) is 4.50. The topological polar surface area (TPSA) is 126 Å². The van der Waals surface area contributed by atoms with Gasteiger partial charge in [-0.25, -0.2) is 4.79 Å². The summed E-state index contributed by atoms with van der Waals surface area (Å²) in [6.07, 6.45) is 3.48. The SMILES string of the molecule is COc1cc(CN(C2CCC2)C(C)c2ccc3c(c2)CCO3)ccc1OCCN1C(=O)CCC1=O.O=C(O)O. The Kier molecular flexibility index (Phi) is 9.29. The van der Waals surface area contributed by atoms with Gasteiger partial charge >= 0.3 is 6.16 Å². The maximum absolute atomic E-state index is 11.8. The van der Waals surface area contributed by atoms with Gasteiger partial charge in [0.25, 0.3) is 0 Å². The second kappa shape index (κ2) is 12.8. The first-order valence-electron chi connectivity index (χ1n) is 13.3. The summed E-state index contributed by atoms with van der Waals surface area (Å²) in [6.45, 7) is 4.42. The van der Waals surface area contributed by atoms with Gasteiger partial charge in [-0.2, -0.15) is 0 Å². The van der Waals surface area contributed by atoms with Crippen LogP contribution in [-0.4, -0.2) is 70.9 Å². The Bertz CT molecular complexity index is 1180. The van der Waals surface area contributed by atoms with Crippen molar-refractivity contribution in [1.29, 1.82) is 0 Å². The van der Waals surface area contributed by atoms with Crippen molar-refractivity contribution in [2.75, 3.05) is 26.9 Å². The molecular formula is C29H36N2O8. The van der Waals surface area contributed by atoms with Crippen molar-refractivity contribution in [2.45, 2.75) is 64.1 Å². The Labute approximate surface area is 228 Å². The number of carbonyl (C=O) groups excluding carboxylic acids is 2. The third-order valence-corrected chi connectivity index (χ3v) is 7.56. The monoisotopic (exact) mass is 540 g/mol. The molecule has 2 aromatic rings. The lowest BCUT2D eigenvalue weighted by Crippen LogP contribution is -2.41. The van der Waals surface area contributed by atoms with E-state index in [0.29, 0.717) is 36.4 Å². The fourth-order valence-electron chi connectivity index (χ4n) is 5.22. The van der Waals surface area contributed by atoms with Crippen molar-refractivity contribution in [3.8, 4) is 17.2 Å². The van der Waals surface area contributed by atoms with Gasteiger partial charge in [0.2, 0.25) is 11.8 Å². The molecular weight excluding hydrogens is 504 g/mol. The number of methoxy groups -OCH3 is 1. The quantitative estimate of drug-likeness (QED) is 0.419. The molecule has 2 aliphatic heterocycles. The molecule has 0 aromatic heterocycles. The molecule has 10 heteroatoms. The van der Waals surface area contributed by atoms with E-state index in [0.717, 1.165) is 25.3 Å². The van der Waals surface area contributed by atoms with Gasteiger partial charge in [0.1, 0.15) is 12.4 Å². The molecule has 2 N–H and O–H groups in total. The Morgan fingerprint density at radius 1 is 1.08 bits per heavy atom. The second-order valence-corrected chi connectivity index (χ2v) is 9.95. The summed E-state index contributed by atoms with van der Waals surface area (Å²) in [6, 6.07) is 13.6. The lowest BCUT2D eigenvalue weighted by Gasteiger charge is -2.42. The maximum atomic E-state index is 11.8. The van der Waals surface area contributed by atoms with Gasteiger partial charge in [-0.15, -0.1) is 0 Å². The fourth-order valence-corrected chi connectivity index (χ4v) is 5.22. The molecule has 0 spiro atoms. The predicted molar refractivity (Wildman–Crippen MR) is 142 cm³/mol. The number of amides is 2. The average Bonchev–Trinajstić information content (AvgIpc) is 3.48.